The molecule has 162 valence electrons. The number of carbonyl (C=O) groups excluding carboxylic acids is 1. The Balaban J connectivity index is 1.26. The summed E-state index contributed by atoms with van der Waals surface area (Å²) in [7, 11) is 1.81. The fourth-order valence-corrected chi connectivity index (χ4v) is 5.46. The van der Waals surface area contributed by atoms with Gasteiger partial charge in [-0.15, -0.1) is 11.3 Å². The molecule has 8 heteroatoms. The standard InChI is InChI=1S/C24H21N3O3S2/c1-27(13-16-7-8-19-20(11-16)30-10-9-29-19)22(28)14-31-23-18-12-21(17-5-3-2-4-6-17)32-24(18)26-15-25-23/h2-8,11-12,15H,9-10,13-14H2,1H3. The molecule has 0 saturated carbocycles. The summed E-state index contributed by atoms with van der Waals surface area (Å²) in [5.74, 6) is 1.83. The monoisotopic (exact) mass is 463 g/mol. The molecule has 0 unspecified atom stereocenters. The maximum atomic E-state index is 12.8. The van der Waals surface area contributed by atoms with Crippen molar-refractivity contribution in [3.8, 4) is 21.9 Å². The molecule has 0 spiro atoms. The van der Waals surface area contributed by atoms with Crippen LogP contribution in [-0.4, -0.2) is 46.8 Å². The number of nitrogens with zero attached hydrogens (tertiary/aromatic N) is 3. The Morgan fingerprint density at radius 2 is 1.88 bits per heavy atom. The van der Waals surface area contributed by atoms with Gasteiger partial charge in [0.05, 0.1) is 5.75 Å². The van der Waals surface area contributed by atoms with Gasteiger partial charge in [-0.05, 0) is 29.3 Å². The van der Waals surface area contributed by atoms with E-state index in [-0.39, 0.29) is 5.91 Å². The Morgan fingerprint density at radius 3 is 2.72 bits per heavy atom. The minimum absolute atomic E-state index is 0.0372. The van der Waals surface area contributed by atoms with E-state index in [1.54, 1.807) is 22.6 Å². The number of rotatable bonds is 6. The van der Waals surface area contributed by atoms with Crippen LogP contribution in [0.4, 0.5) is 0 Å². The van der Waals surface area contributed by atoms with Gasteiger partial charge in [0.2, 0.25) is 5.91 Å². The second-order valence-electron chi connectivity index (χ2n) is 7.39. The van der Waals surface area contributed by atoms with Crippen LogP contribution in [0.2, 0.25) is 0 Å². The Labute approximate surface area is 194 Å². The lowest BCUT2D eigenvalue weighted by Crippen LogP contribution is -2.28. The summed E-state index contributed by atoms with van der Waals surface area (Å²) in [5, 5.41) is 1.82. The first-order chi connectivity index (χ1) is 15.7. The molecule has 0 fully saturated rings. The second kappa shape index (κ2) is 9.18. The van der Waals surface area contributed by atoms with Crippen molar-refractivity contribution in [1.29, 1.82) is 0 Å². The van der Waals surface area contributed by atoms with E-state index in [1.807, 2.05) is 43.4 Å². The first-order valence-electron chi connectivity index (χ1n) is 10.2. The van der Waals surface area contributed by atoms with Crippen molar-refractivity contribution >= 4 is 39.2 Å². The van der Waals surface area contributed by atoms with E-state index in [0.717, 1.165) is 42.7 Å². The van der Waals surface area contributed by atoms with Gasteiger partial charge in [0.25, 0.3) is 0 Å². The van der Waals surface area contributed by atoms with Crippen molar-refractivity contribution < 1.29 is 14.3 Å². The summed E-state index contributed by atoms with van der Waals surface area (Å²) in [6, 6.07) is 18.1. The molecule has 1 aliphatic heterocycles. The summed E-state index contributed by atoms with van der Waals surface area (Å²) in [5.41, 5.74) is 2.16. The van der Waals surface area contributed by atoms with Gasteiger partial charge < -0.3 is 14.4 Å². The predicted molar refractivity (Wildman–Crippen MR) is 127 cm³/mol. The summed E-state index contributed by atoms with van der Waals surface area (Å²) in [4.78, 5) is 25.4. The van der Waals surface area contributed by atoms with Crippen LogP contribution in [0.25, 0.3) is 20.7 Å². The Hall–Kier alpha value is -3.10. The number of hydrogen-bond acceptors (Lipinski definition) is 7. The topological polar surface area (TPSA) is 64.6 Å². The number of thiophene rings is 1. The van der Waals surface area contributed by atoms with E-state index < -0.39 is 0 Å². The number of fused-ring (bicyclic) bond motifs is 2. The first-order valence-corrected chi connectivity index (χ1v) is 12.0. The largest absolute Gasteiger partial charge is 0.486 e. The zero-order valence-corrected chi connectivity index (χ0v) is 19.1. The summed E-state index contributed by atoms with van der Waals surface area (Å²) < 4.78 is 11.2. The molecule has 4 aromatic rings. The van der Waals surface area contributed by atoms with E-state index in [4.69, 9.17) is 9.47 Å². The Bertz CT molecular complexity index is 1260. The number of ether oxygens (including phenoxy) is 2. The van der Waals surface area contributed by atoms with Gasteiger partial charge in [-0.1, -0.05) is 48.2 Å². The SMILES string of the molecule is CN(Cc1ccc2c(c1)OCCO2)C(=O)CSc1ncnc2sc(-c3ccccc3)cc12. The zero-order chi connectivity index (χ0) is 21.9. The summed E-state index contributed by atoms with van der Waals surface area (Å²) >= 11 is 3.08. The van der Waals surface area contributed by atoms with Crippen molar-refractivity contribution in [2.75, 3.05) is 26.0 Å². The maximum absolute atomic E-state index is 12.8. The Kier molecular flexibility index (Phi) is 5.96. The van der Waals surface area contributed by atoms with Crippen molar-refractivity contribution in [3.63, 3.8) is 0 Å². The Morgan fingerprint density at radius 1 is 1.06 bits per heavy atom. The molecule has 3 heterocycles. The van der Waals surface area contributed by atoms with Gasteiger partial charge in [0.15, 0.2) is 11.5 Å². The van der Waals surface area contributed by atoms with Gasteiger partial charge in [-0.3, -0.25) is 4.79 Å². The van der Waals surface area contributed by atoms with E-state index in [2.05, 4.69) is 28.2 Å². The van der Waals surface area contributed by atoms with Gasteiger partial charge in [0.1, 0.15) is 29.4 Å². The molecule has 0 atom stereocenters. The summed E-state index contributed by atoms with van der Waals surface area (Å²) in [6.45, 7) is 1.62. The number of benzene rings is 2. The maximum Gasteiger partial charge on any atom is 0.233 e. The van der Waals surface area contributed by atoms with Crippen LogP contribution >= 0.6 is 23.1 Å². The molecule has 1 amide bonds. The van der Waals surface area contributed by atoms with E-state index >= 15 is 0 Å². The average Bonchev–Trinajstić information content (AvgIpc) is 3.28. The fraction of sp³-hybridized carbons (Fsp3) is 0.208. The molecule has 0 N–H and O–H groups in total. The predicted octanol–water partition coefficient (Wildman–Crippen LogP) is 4.88. The normalized spacial score (nSPS) is 12.7. The van der Waals surface area contributed by atoms with Crippen molar-refractivity contribution in [2.24, 2.45) is 0 Å². The van der Waals surface area contributed by atoms with E-state index in [9.17, 15) is 4.79 Å². The zero-order valence-electron chi connectivity index (χ0n) is 17.5. The number of thioether (sulfide) groups is 1. The lowest BCUT2D eigenvalue weighted by atomic mass is 10.2. The van der Waals surface area contributed by atoms with Crippen LogP contribution in [0.1, 0.15) is 5.56 Å². The highest BCUT2D eigenvalue weighted by molar-refractivity contribution is 8.00. The van der Waals surface area contributed by atoms with Gasteiger partial charge in [-0.2, -0.15) is 0 Å². The number of carbonyl (C=O) groups is 1. The van der Waals surface area contributed by atoms with Crippen LogP contribution in [0, 0.1) is 0 Å². The van der Waals surface area contributed by atoms with Crippen LogP contribution < -0.4 is 9.47 Å². The van der Waals surface area contributed by atoms with Crippen LogP contribution in [0.15, 0.2) is 66.0 Å². The first kappa shape index (κ1) is 20.8. The quantitative estimate of drug-likeness (QED) is 0.300. The average molecular weight is 464 g/mol. The molecule has 2 aromatic carbocycles. The fourth-order valence-electron chi connectivity index (χ4n) is 3.48. The molecule has 5 rings (SSSR count). The molecule has 0 saturated heterocycles. The van der Waals surface area contributed by atoms with Crippen molar-refractivity contribution in [2.45, 2.75) is 11.6 Å². The number of aromatic nitrogens is 2. The minimum Gasteiger partial charge on any atom is -0.486 e. The van der Waals surface area contributed by atoms with Crippen LogP contribution in [0.5, 0.6) is 11.5 Å². The van der Waals surface area contributed by atoms with Gasteiger partial charge in [0, 0.05) is 23.9 Å². The van der Waals surface area contributed by atoms with Gasteiger partial charge in [-0.25, -0.2) is 9.97 Å². The lowest BCUT2D eigenvalue weighted by Gasteiger charge is -2.21. The molecular formula is C24H21N3O3S2. The van der Waals surface area contributed by atoms with Crippen LogP contribution in [0.3, 0.4) is 0 Å². The molecule has 0 radical (unpaired) electrons. The van der Waals surface area contributed by atoms with E-state index in [1.165, 1.54) is 11.8 Å². The highest BCUT2D eigenvalue weighted by atomic mass is 32.2. The summed E-state index contributed by atoms with van der Waals surface area (Å²) in [6.07, 6.45) is 1.57. The molecular weight excluding hydrogens is 442 g/mol. The molecule has 1 aliphatic rings. The van der Waals surface area contributed by atoms with Crippen LogP contribution in [-0.2, 0) is 11.3 Å². The van der Waals surface area contributed by atoms with Crippen molar-refractivity contribution in [1.82, 2.24) is 14.9 Å². The number of hydrogen-bond donors (Lipinski definition) is 0. The molecule has 2 aromatic heterocycles. The van der Waals surface area contributed by atoms with Gasteiger partial charge >= 0.3 is 0 Å². The highest BCUT2D eigenvalue weighted by Gasteiger charge is 2.16. The third-order valence-corrected chi connectivity index (χ3v) is 7.22. The molecule has 0 bridgehead atoms. The smallest absolute Gasteiger partial charge is 0.233 e. The third kappa shape index (κ3) is 4.42. The second-order valence-corrected chi connectivity index (χ2v) is 9.39. The van der Waals surface area contributed by atoms with Crippen molar-refractivity contribution in [3.05, 3.63) is 66.5 Å². The molecule has 6 nitrogen and oxygen atoms in total. The third-order valence-electron chi connectivity index (χ3n) is 5.14. The highest BCUT2D eigenvalue weighted by Crippen LogP contribution is 2.36. The van der Waals surface area contributed by atoms with E-state index in [0.29, 0.717) is 25.5 Å². The molecule has 0 aliphatic carbocycles. The number of amides is 1. The lowest BCUT2D eigenvalue weighted by molar-refractivity contribution is -0.127. The molecule has 32 heavy (non-hydrogen) atoms. The minimum atomic E-state index is 0.0372.